The minimum Gasteiger partial charge on any atom is -0.422 e. The van der Waals surface area contributed by atoms with E-state index >= 15 is 0 Å². The van der Waals surface area contributed by atoms with Crippen LogP contribution in [0, 0.1) is 0 Å². The number of hydrogen-bond acceptors (Lipinski definition) is 2. The highest BCUT2D eigenvalue weighted by molar-refractivity contribution is 7.54. The Bertz CT molecular complexity index is 614. The molecule has 152 valence electrons. The molecule has 0 saturated heterocycles. The van der Waals surface area contributed by atoms with Crippen molar-refractivity contribution in [1.82, 2.24) is 9.34 Å². The smallest absolute Gasteiger partial charge is 0.395 e. The summed E-state index contributed by atoms with van der Waals surface area (Å²) in [7, 11) is -3.17. The molecule has 0 fully saturated rings. The van der Waals surface area contributed by atoms with E-state index in [0.717, 1.165) is 12.8 Å². The molecule has 0 aliphatic carbocycles. The van der Waals surface area contributed by atoms with Crippen molar-refractivity contribution in [3.63, 3.8) is 0 Å². The molecular weight excluding hydrogens is 355 g/mol. The summed E-state index contributed by atoms with van der Waals surface area (Å²) in [5.41, 5.74) is 2.56. The van der Waals surface area contributed by atoms with Crippen LogP contribution in [0.2, 0.25) is 0 Å². The Labute approximate surface area is 166 Å². The fourth-order valence-electron chi connectivity index (χ4n) is 2.84. The van der Waals surface area contributed by atoms with E-state index in [1.54, 1.807) is 0 Å². The van der Waals surface area contributed by atoms with Gasteiger partial charge in [-0.15, -0.1) is 0 Å². The molecule has 0 amide bonds. The van der Waals surface area contributed by atoms with E-state index < -0.39 is 7.67 Å². The van der Waals surface area contributed by atoms with Crippen LogP contribution in [-0.4, -0.2) is 35.5 Å². The number of benzene rings is 1. The van der Waals surface area contributed by atoms with Gasteiger partial charge in [0.25, 0.3) is 0 Å². The maximum Gasteiger partial charge on any atom is 0.395 e. The first kappa shape index (κ1) is 23.7. The fourth-order valence-corrected chi connectivity index (χ4v) is 5.28. The van der Waals surface area contributed by atoms with Gasteiger partial charge in [-0.3, -0.25) is 0 Å². The first-order valence-electron chi connectivity index (χ1n) is 9.95. The zero-order chi connectivity index (χ0) is 20.3. The predicted molar refractivity (Wildman–Crippen MR) is 117 cm³/mol. The van der Waals surface area contributed by atoms with E-state index in [4.69, 9.17) is 4.52 Å². The van der Waals surface area contributed by atoms with Crippen LogP contribution in [0.3, 0.4) is 0 Å². The van der Waals surface area contributed by atoms with E-state index in [2.05, 4.69) is 39.8 Å². The Morgan fingerprint density at radius 3 is 1.70 bits per heavy atom. The van der Waals surface area contributed by atoms with E-state index in [1.165, 1.54) is 11.1 Å². The van der Waals surface area contributed by atoms with Gasteiger partial charge in [0.1, 0.15) is 5.75 Å². The molecule has 0 aromatic heterocycles. The molecule has 0 bridgehead atoms. The molecule has 0 unspecified atom stereocenters. The molecule has 0 aliphatic rings. The summed E-state index contributed by atoms with van der Waals surface area (Å²) in [5, 5.41) is 0. The van der Waals surface area contributed by atoms with Gasteiger partial charge < -0.3 is 4.52 Å². The van der Waals surface area contributed by atoms with Crippen molar-refractivity contribution in [2.24, 2.45) is 0 Å². The summed E-state index contributed by atoms with van der Waals surface area (Å²) in [6, 6.07) is 9.52. The summed E-state index contributed by atoms with van der Waals surface area (Å²) < 4.78 is 24.4. The molecule has 5 heteroatoms. The third-order valence-corrected chi connectivity index (χ3v) is 7.14. The molecule has 1 aromatic rings. The average Bonchev–Trinajstić information content (AvgIpc) is 2.62. The summed E-state index contributed by atoms with van der Waals surface area (Å²) in [6.07, 6.45) is 6.11. The van der Waals surface area contributed by atoms with E-state index in [-0.39, 0.29) is 0 Å². The fraction of sp³-hybridized carbons (Fsp3) is 0.545. The summed E-state index contributed by atoms with van der Waals surface area (Å²) in [4.78, 5) is 0. The summed E-state index contributed by atoms with van der Waals surface area (Å²) >= 11 is 0. The van der Waals surface area contributed by atoms with Gasteiger partial charge in [0.15, 0.2) is 0 Å². The standard InChI is InChI=1S/C22H37N2O2P/c1-7-23(18-12-14-20(3)4)27(25,26-22-16-10-9-11-17-22)24(8-2)19-13-15-21(5)6/h9-11,14-17H,7-8,12-13,18-19H2,1-6H3. The molecular formula is C22H37N2O2P. The zero-order valence-electron chi connectivity index (χ0n) is 17.9. The van der Waals surface area contributed by atoms with Gasteiger partial charge in [0.2, 0.25) is 0 Å². The van der Waals surface area contributed by atoms with Crippen LogP contribution in [0.25, 0.3) is 0 Å². The SMILES string of the molecule is CCN(CCC=C(C)C)P(=O)(Oc1ccccc1)N(CC)CCC=C(C)C. The van der Waals surface area contributed by atoms with Gasteiger partial charge in [0.05, 0.1) is 0 Å². The minimum absolute atomic E-state index is 0.655. The van der Waals surface area contributed by atoms with Crippen molar-refractivity contribution >= 4 is 7.67 Å². The van der Waals surface area contributed by atoms with E-state index in [1.807, 2.05) is 53.5 Å². The predicted octanol–water partition coefficient (Wildman–Crippen LogP) is 6.53. The largest absolute Gasteiger partial charge is 0.422 e. The Kier molecular flexibility index (Phi) is 10.7. The first-order chi connectivity index (χ1) is 12.8. The zero-order valence-corrected chi connectivity index (χ0v) is 18.8. The molecule has 0 aliphatic heterocycles. The lowest BCUT2D eigenvalue weighted by Crippen LogP contribution is -2.35. The third kappa shape index (κ3) is 8.04. The van der Waals surface area contributed by atoms with Crippen LogP contribution >= 0.6 is 7.67 Å². The second kappa shape index (κ2) is 12.2. The maximum atomic E-state index is 14.2. The van der Waals surface area contributed by atoms with Crippen molar-refractivity contribution < 1.29 is 9.09 Å². The van der Waals surface area contributed by atoms with Crippen LogP contribution in [-0.2, 0) is 4.57 Å². The Hall–Kier alpha value is -1.35. The van der Waals surface area contributed by atoms with E-state index in [0.29, 0.717) is 31.9 Å². The minimum atomic E-state index is -3.17. The molecule has 0 heterocycles. The van der Waals surface area contributed by atoms with Crippen molar-refractivity contribution in [2.75, 3.05) is 26.2 Å². The Morgan fingerprint density at radius 1 is 0.889 bits per heavy atom. The second-order valence-corrected chi connectivity index (χ2v) is 9.42. The summed E-state index contributed by atoms with van der Waals surface area (Å²) in [5.74, 6) is 0.655. The van der Waals surface area contributed by atoms with Gasteiger partial charge in [0, 0.05) is 26.2 Å². The number of allylic oxidation sites excluding steroid dienone is 2. The molecule has 0 saturated carbocycles. The van der Waals surface area contributed by atoms with Gasteiger partial charge in [-0.2, -0.15) is 0 Å². The highest BCUT2D eigenvalue weighted by Gasteiger charge is 2.38. The molecule has 0 spiro atoms. The van der Waals surface area contributed by atoms with Crippen molar-refractivity contribution in [3.05, 3.63) is 53.6 Å². The number of hydrogen-bond donors (Lipinski definition) is 0. The second-order valence-electron chi connectivity index (χ2n) is 7.13. The lowest BCUT2D eigenvalue weighted by Gasteiger charge is -2.37. The van der Waals surface area contributed by atoms with Crippen LogP contribution < -0.4 is 4.52 Å². The molecule has 1 aromatic carbocycles. The van der Waals surface area contributed by atoms with Crippen LogP contribution in [0.4, 0.5) is 0 Å². The quantitative estimate of drug-likeness (QED) is 0.299. The number of para-hydroxylation sites is 1. The van der Waals surface area contributed by atoms with E-state index in [9.17, 15) is 4.57 Å². The van der Waals surface area contributed by atoms with Crippen LogP contribution in [0.5, 0.6) is 5.75 Å². The van der Waals surface area contributed by atoms with Crippen LogP contribution in [0.1, 0.15) is 54.4 Å². The normalized spacial score (nSPS) is 11.6. The molecule has 0 atom stereocenters. The topological polar surface area (TPSA) is 32.8 Å². The highest BCUT2D eigenvalue weighted by Crippen LogP contribution is 2.54. The van der Waals surface area contributed by atoms with Crippen molar-refractivity contribution in [3.8, 4) is 5.75 Å². The van der Waals surface area contributed by atoms with Gasteiger partial charge in [-0.1, -0.05) is 55.3 Å². The number of rotatable bonds is 12. The maximum absolute atomic E-state index is 14.2. The number of nitrogens with zero attached hydrogens (tertiary/aromatic N) is 2. The van der Waals surface area contributed by atoms with Crippen molar-refractivity contribution in [2.45, 2.75) is 54.4 Å². The average molecular weight is 393 g/mol. The summed E-state index contributed by atoms with van der Waals surface area (Å²) in [6.45, 7) is 15.3. The van der Waals surface area contributed by atoms with Gasteiger partial charge in [-0.25, -0.2) is 13.9 Å². The molecule has 0 radical (unpaired) electrons. The van der Waals surface area contributed by atoms with Gasteiger partial charge in [-0.05, 0) is 52.7 Å². The first-order valence-corrected chi connectivity index (χ1v) is 11.5. The van der Waals surface area contributed by atoms with Gasteiger partial charge >= 0.3 is 7.67 Å². The highest BCUT2D eigenvalue weighted by atomic mass is 31.2. The van der Waals surface area contributed by atoms with Crippen molar-refractivity contribution in [1.29, 1.82) is 0 Å². The monoisotopic (exact) mass is 392 g/mol. The molecule has 1 rings (SSSR count). The van der Waals surface area contributed by atoms with Crippen LogP contribution in [0.15, 0.2) is 53.6 Å². The Balaban J connectivity index is 3.12. The molecule has 0 N–H and O–H groups in total. The lowest BCUT2D eigenvalue weighted by atomic mass is 10.3. The molecule has 4 nitrogen and oxygen atoms in total. The Morgan fingerprint density at radius 2 is 1.33 bits per heavy atom. The molecule has 27 heavy (non-hydrogen) atoms. The lowest BCUT2D eigenvalue weighted by molar-refractivity contribution is 0.284. The third-order valence-electron chi connectivity index (χ3n) is 4.29.